The molecule has 0 radical (unpaired) electrons. The summed E-state index contributed by atoms with van der Waals surface area (Å²) in [5, 5.41) is 2.65. The molecule has 2 nitrogen and oxygen atoms in total. The molecule has 0 bridgehead atoms. The first-order valence-corrected chi connectivity index (χ1v) is 6.19. The second-order valence-corrected chi connectivity index (χ2v) is 4.81. The highest BCUT2D eigenvalue weighted by Crippen LogP contribution is 2.17. The molecule has 2 aromatic carbocycles. The van der Waals surface area contributed by atoms with Gasteiger partial charge in [0.05, 0.1) is 5.56 Å². The Morgan fingerprint density at radius 3 is 2.50 bits per heavy atom. The maximum atomic E-state index is 13.8. The van der Waals surface area contributed by atoms with Crippen molar-refractivity contribution in [1.29, 1.82) is 0 Å². The van der Waals surface area contributed by atoms with Gasteiger partial charge in [0.2, 0.25) is 0 Å². The number of halogens is 2. The van der Waals surface area contributed by atoms with Crippen LogP contribution in [0.3, 0.4) is 0 Å². The van der Waals surface area contributed by atoms with Crippen molar-refractivity contribution in [3.63, 3.8) is 0 Å². The minimum absolute atomic E-state index is 0.0536. The van der Waals surface area contributed by atoms with Crippen LogP contribution in [-0.4, -0.2) is 5.91 Å². The Morgan fingerprint density at radius 2 is 1.83 bits per heavy atom. The zero-order valence-electron chi connectivity index (χ0n) is 9.71. The monoisotopic (exact) mass is 307 g/mol. The van der Waals surface area contributed by atoms with E-state index in [1.54, 1.807) is 31.2 Å². The van der Waals surface area contributed by atoms with Crippen molar-refractivity contribution in [2.75, 3.05) is 5.32 Å². The van der Waals surface area contributed by atoms with Gasteiger partial charge in [-0.2, -0.15) is 0 Å². The normalized spacial score (nSPS) is 10.2. The van der Waals surface area contributed by atoms with Gasteiger partial charge in [-0.05, 0) is 42.8 Å². The second-order valence-electron chi connectivity index (χ2n) is 3.90. The molecule has 1 amide bonds. The van der Waals surface area contributed by atoms with Gasteiger partial charge in [-0.15, -0.1) is 0 Å². The lowest BCUT2D eigenvalue weighted by molar-refractivity contribution is 0.102. The van der Waals surface area contributed by atoms with E-state index >= 15 is 0 Å². The van der Waals surface area contributed by atoms with Crippen molar-refractivity contribution in [1.82, 2.24) is 0 Å². The summed E-state index contributed by atoms with van der Waals surface area (Å²) in [5.74, 6) is -0.925. The van der Waals surface area contributed by atoms with Gasteiger partial charge in [-0.25, -0.2) is 4.39 Å². The van der Waals surface area contributed by atoms with Crippen LogP contribution in [0.1, 0.15) is 15.9 Å². The number of nitrogens with one attached hydrogen (secondary N) is 1. The molecule has 18 heavy (non-hydrogen) atoms. The first kappa shape index (κ1) is 12.8. The lowest BCUT2D eigenvalue weighted by atomic mass is 10.1. The molecule has 0 aliphatic rings. The molecule has 0 saturated heterocycles. The van der Waals surface area contributed by atoms with E-state index in [1.165, 1.54) is 6.07 Å². The van der Waals surface area contributed by atoms with E-state index < -0.39 is 11.7 Å². The number of rotatable bonds is 2. The highest BCUT2D eigenvalue weighted by Gasteiger charge is 2.12. The number of benzene rings is 2. The van der Waals surface area contributed by atoms with E-state index in [9.17, 15) is 9.18 Å². The number of carbonyl (C=O) groups excluding carboxylic acids is 1. The predicted molar refractivity (Wildman–Crippen MR) is 73.2 cm³/mol. The number of hydrogen-bond donors (Lipinski definition) is 1. The molecule has 0 aromatic heterocycles. The summed E-state index contributed by atoms with van der Waals surface area (Å²) in [5.41, 5.74) is 1.14. The fourth-order valence-electron chi connectivity index (χ4n) is 1.55. The average Bonchev–Trinajstić information content (AvgIpc) is 2.35. The number of amides is 1. The SMILES string of the molecule is Cc1cccc(C(=O)Nc2ccc(Br)cc2)c1F. The van der Waals surface area contributed by atoms with Crippen molar-refractivity contribution >= 4 is 27.5 Å². The summed E-state index contributed by atoms with van der Waals surface area (Å²) in [6.45, 7) is 1.63. The van der Waals surface area contributed by atoms with E-state index in [2.05, 4.69) is 21.2 Å². The first-order chi connectivity index (χ1) is 8.58. The molecule has 0 atom stereocenters. The minimum Gasteiger partial charge on any atom is -0.322 e. The van der Waals surface area contributed by atoms with Crippen molar-refractivity contribution in [2.45, 2.75) is 6.92 Å². The fourth-order valence-corrected chi connectivity index (χ4v) is 1.82. The Bertz CT molecular complexity index is 581. The molecule has 4 heteroatoms. The predicted octanol–water partition coefficient (Wildman–Crippen LogP) is 4.15. The van der Waals surface area contributed by atoms with Gasteiger partial charge in [-0.3, -0.25) is 4.79 Å². The summed E-state index contributed by atoms with van der Waals surface area (Å²) in [6, 6.07) is 11.9. The Balaban J connectivity index is 2.22. The van der Waals surface area contributed by atoms with E-state index in [1.807, 2.05) is 12.1 Å². The molecule has 0 aliphatic heterocycles. The van der Waals surface area contributed by atoms with Crippen LogP contribution in [0.4, 0.5) is 10.1 Å². The molecule has 92 valence electrons. The molecule has 0 fully saturated rings. The molecule has 0 unspecified atom stereocenters. The summed E-state index contributed by atoms with van der Waals surface area (Å²) >= 11 is 3.31. The zero-order chi connectivity index (χ0) is 13.1. The molecular weight excluding hydrogens is 297 g/mol. The van der Waals surface area contributed by atoms with Crippen molar-refractivity contribution < 1.29 is 9.18 Å². The second kappa shape index (κ2) is 5.31. The third kappa shape index (κ3) is 2.76. The van der Waals surface area contributed by atoms with Crippen LogP contribution in [0.2, 0.25) is 0 Å². The number of carbonyl (C=O) groups is 1. The van der Waals surface area contributed by atoms with Gasteiger partial charge in [0.25, 0.3) is 5.91 Å². The maximum Gasteiger partial charge on any atom is 0.258 e. The minimum atomic E-state index is -0.480. The van der Waals surface area contributed by atoms with Crippen LogP contribution in [0.5, 0.6) is 0 Å². The van der Waals surface area contributed by atoms with Crippen LogP contribution in [-0.2, 0) is 0 Å². The smallest absolute Gasteiger partial charge is 0.258 e. The van der Waals surface area contributed by atoms with Crippen LogP contribution in [0.25, 0.3) is 0 Å². The molecule has 0 saturated carbocycles. The molecule has 0 aliphatic carbocycles. The van der Waals surface area contributed by atoms with Crippen LogP contribution in [0.15, 0.2) is 46.9 Å². The summed E-state index contributed by atoms with van der Waals surface area (Å²) in [7, 11) is 0. The Morgan fingerprint density at radius 1 is 1.17 bits per heavy atom. The third-order valence-electron chi connectivity index (χ3n) is 2.54. The summed E-state index contributed by atoms with van der Waals surface area (Å²) < 4.78 is 14.7. The summed E-state index contributed by atoms with van der Waals surface area (Å²) in [4.78, 5) is 11.9. The summed E-state index contributed by atoms with van der Waals surface area (Å²) in [6.07, 6.45) is 0. The number of hydrogen-bond acceptors (Lipinski definition) is 1. The number of anilines is 1. The topological polar surface area (TPSA) is 29.1 Å². The van der Waals surface area contributed by atoms with E-state index in [4.69, 9.17) is 0 Å². The highest BCUT2D eigenvalue weighted by molar-refractivity contribution is 9.10. The van der Waals surface area contributed by atoms with Gasteiger partial charge in [-0.1, -0.05) is 28.1 Å². The standard InChI is InChI=1S/C14H11BrFNO/c1-9-3-2-4-12(13(9)16)14(18)17-11-7-5-10(15)6-8-11/h2-8H,1H3,(H,17,18). The van der Waals surface area contributed by atoms with E-state index in [-0.39, 0.29) is 5.56 Å². The van der Waals surface area contributed by atoms with Crippen molar-refractivity contribution in [2.24, 2.45) is 0 Å². The molecular formula is C14H11BrFNO. The molecule has 2 rings (SSSR count). The van der Waals surface area contributed by atoms with E-state index in [0.717, 1.165) is 4.47 Å². The van der Waals surface area contributed by atoms with Gasteiger partial charge >= 0.3 is 0 Å². The van der Waals surface area contributed by atoms with E-state index in [0.29, 0.717) is 11.3 Å². The lowest BCUT2D eigenvalue weighted by Crippen LogP contribution is -2.14. The molecule has 1 N–H and O–H groups in total. The Labute approximate surface area is 113 Å². The molecule has 2 aromatic rings. The third-order valence-corrected chi connectivity index (χ3v) is 3.07. The average molecular weight is 308 g/mol. The van der Waals surface area contributed by atoms with Crippen molar-refractivity contribution in [3.8, 4) is 0 Å². The fraction of sp³-hybridized carbons (Fsp3) is 0.0714. The van der Waals surface area contributed by atoms with Crippen LogP contribution in [0, 0.1) is 12.7 Å². The zero-order valence-corrected chi connectivity index (χ0v) is 11.3. The van der Waals surface area contributed by atoms with Gasteiger partial charge in [0, 0.05) is 10.2 Å². The van der Waals surface area contributed by atoms with Crippen molar-refractivity contribution in [3.05, 3.63) is 63.9 Å². The molecule has 0 spiro atoms. The Kier molecular flexibility index (Phi) is 3.77. The lowest BCUT2D eigenvalue weighted by Gasteiger charge is -2.07. The molecule has 0 heterocycles. The number of aryl methyl sites for hydroxylation is 1. The van der Waals surface area contributed by atoms with Gasteiger partial charge < -0.3 is 5.32 Å². The van der Waals surface area contributed by atoms with Gasteiger partial charge in [0.1, 0.15) is 5.82 Å². The largest absolute Gasteiger partial charge is 0.322 e. The van der Waals surface area contributed by atoms with Gasteiger partial charge in [0.15, 0.2) is 0 Å². The first-order valence-electron chi connectivity index (χ1n) is 5.40. The van der Waals surface area contributed by atoms with Crippen LogP contribution >= 0.6 is 15.9 Å². The quantitative estimate of drug-likeness (QED) is 0.887. The highest BCUT2D eigenvalue weighted by atomic mass is 79.9. The Hall–Kier alpha value is -1.68. The van der Waals surface area contributed by atoms with Crippen LogP contribution < -0.4 is 5.32 Å². The maximum absolute atomic E-state index is 13.8.